The second kappa shape index (κ2) is 9.33. The molecule has 0 bridgehead atoms. The zero-order chi connectivity index (χ0) is 16.6. The lowest BCUT2D eigenvalue weighted by molar-refractivity contribution is 0.0226. The molecule has 1 aliphatic heterocycles. The molecule has 0 aromatic carbocycles. The van der Waals surface area contributed by atoms with Gasteiger partial charge in [-0.2, -0.15) is 0 Å². The van der Waals surface area contributed by atoms with E-state index in [1.54, 1.807) is 7.11 Å². The van der Waals surface area contributed by atoms with Crippen LogP contribution in [-0.4, -0.2) is 81.0 Å². The summed E-state index contributed by atoms with van der Waals surface area (Å²) in [6.07, 6.45) is 1.92. The van der Waals surface area contributed by atoms with Gasteiger partial charge in [0.1, 0.15) is 5.60 Å². The number of ether oxygens (including phenoxy) is 2. The van der Waals surface area contributed by atoms with E-state index in [0.717, 1.165) is 52.2 Å². The lowest BCUT2D eigenvalue weighted by Crippen LogP contribution is -2.45. The van der Waals surface area contributed by atoms with E-state index in [0.29, 0.717) is 0 Å². The van der Waals surface area contributed by atoms with Crippen molar-refractivity contribution in [2.75, 3.05) is 53.5 Å². The maximum Gasteiger partial charge on any atom is 0.410 e. The number of hydrogen-bond donors (Lipinski definition) is 1. The molecule has 0 spiro atoms. The van der Waals surface area contributed by atoms with Crippen LogP contribution < -0.4 is 5.32 Å². The first-order valence-electron chi connectivity index (χ1n) is 8.21. The molecule has 1 amide bonds. The van der Waals surface area contributed by atoms with E-state index in [2.05, 4.69) is 17.3 Å². The van der Waals surface area contributed by atoms with Crippen LogP contribution in [0.1, 0.15) is 33.6 Å². The van der Waals surface area contributed by atoms with Crippen molar-refractivity contribution in [2.24, 2.45) is 0 Å². The molecular weight excluding hydrogens is 282 g/mol. The largest absolute Gasteiger partial charge is 0.444 e. The van der Waals surface area contributed by atoms with E-state index in [1.807, 2.05) is 25.7 Å². The van der Waals surface area contributed by atoms with Crippen molar-refractivity contribution >= 4 is 6.09 Å². The number of likely N-dealkylation sites (N-methyl/N-ethyl adjacent to an activating group) is 1. The van der Waals surface area contributed by atoms with Gasteiger partial charge >= 0.3 is 6.09 Å². The van der Waals surface area contributed by atoms with Crippen LogP contribution in [-0.2, 0) is 9.47 Å². The van der Waals surface area contributed by atoms with E-state index < -0.39 is 5.60 Å². The summed E-state index contributed by atoms with van der Waals surface area (Å²) in [5.41, 5.74) is -0.429. The quantitative estimate of drug-likeness (QED) is 0.689. The van der Waals surface area contributed by atoms with Crippen LogP contribution in [0.3, 0.4) is 0 Å². The zero-order valence-corrected chi connectivity index (χ0v) is 14.9. The zero-order valence-electron chi connectivity index (χ0n) is 14.9. The molecule has 0 radical (unpaired) electrons. The first-order valence-corrected chi connectivity index (χ1v) is 8.21. The molecule has 22 heavy (non-hydrogen) atoms. The van der Waals surface area contributed by atoms with Gasteiger partial charge in [0.2, 0.25) is 0 Å². The molecule has 1 N–H and O–H groups in total. The summed E-state index contributed by atoms with van der Waals surface area (Å²) in [5.74, 6) is 0. The number of methoxy groups -OCH3 is 1. The standard InChI is InChI=1S/C16H33N3O3/c1-16(2,3)22-15(20)19-9-6-7-14(19)13-17-8-10-18(4)11-12-21-5/h14,17H,6-13H2,1-5H3. The molecule has 1 aliphatic rings. The second-order valence-corrected chi connectivity index (χ2v) is 6.97. The van der Waals surface area contributed by atoms with Crippen molar-refractivity contribution < 1.29 is 14.3 Å². The number of nitrogens with zero attached hydrogens (tertiary/aromatic N) is 2. The van der Waals surface area contributed by atoms with Gasteiger partial charge in [0.05, 0.1) is 6.61 Å². The van der Waals surface area contributed by atoms with Gasteiger partial charge in [-0.3, -0.25) is 0 Å². The van der Waals surface area contributed by atoms with Crippen molar-refractivity contribution in [3.8, 4) is 0 Å². The van der Waals surface area contributed by atoms with E-state index in [-0.39, 0.29) is 12.1 Å². The molecule has 0 aromatic rings. The average molecular weight is 315 g/mol. The summed E-state index contributed by atoms with van der Waals surface area (Å²) >= 11 is 0. The van der Waals surface area contributed by atoms with Gasteiger partial charge in [0, 0.05) is 45.9 Å². The maximum absolute atomic E-state index is 12.2. The van der Waals surface area contributed by atoms with Crippen LogP contribution in [0, 0.1) is 0 Å². The Morgan fingerprint density at radius 3 is 2.73 bits per heavy atom. The summed E-state index contributed by atoms with van der Waals surface area (Å²) in [5, 5.41) is 3.45. The molecular formula is C16H33N3O3. The molecule has 1 saturated heterocycles. The van der Waals surface area contributed by atoms with Crippen molar-refractivity contribution in [3.63, 3.8) is 0 Å². The summed E-state index contributed by atoms with van der Waals surface area (Å²) in [6, 6.07) is 0.249. The highest BCUT2D eigenvalue weighted by Crippen LogP contribution is 2.20. The summed E-state index contributed by atoms with van der Waals surface area (Å²) < 4.78 is 10.5. The second-order valence-electron chi connectivity index (χ2n) is 6.97. The average Bonchev–Trinajstić information content (AvgIpc) is 2.88. The molecule has 0 saturated carbocycles. The minimum atomic E-state index is -0.429. The number of nitrogens with one attached hydrogen (secondary N) is 1. The number of amides is 1. The highest BCUT2D eigenvalue weighted by molar-refractivity contribution is 5.69. The predicted molar refractivity (Wildman–Crippen MR) is 88.2 cm³/mol. The van der Waals surface area contributed by atoms with Gasteiger partial charge in [-0.05, 0) is 40.7 Å². The number of carbonyl (C=O) groups excluding carboxylic acids is 1. The minimum absolute atomic E-state index is 0.186. The highest BCUT2D eigenvalue weighted by atomic mass is 16.6. The fraction of sp³-hybridized carbons (Fsp3) is 0.938. The minimum Gasteiger partial charge on any atom is -0.444 e. The molecule has 1 heterocycles. The summed E-state index contributed by atoms with van der Waals surface area (Å²) in [4.78, 5) is 16.3. The smallest absolute Gasteiger partial charge is 0.410 e. The summed E-state index contributed by atoms with van der Waals surface area (Å²) in [7, 11) is 3.81. The SMILES string of the molecule is COCCN(C)CCNCC1CCCN1C(=O)OC(C)(C)C. The van der Waals surface area contributed by atoms with Crippen molar-refractivity contribution in [1.29, 1.82) is 0 Å². The molecule has 1 unspecified atom stereocenters. The lowest BCUT2D eigenvalue weighted by Gasteiger charge is -2.29. The Morgan fingerprint density at radius 1 is 1.36 bits per heavy atom. The van der Waals surface area contributed by atoms with Crippen LogP contribution in [0.2, 0.25) is 0 Å². The number of hydrogen-bond acceptors (Lipinski definition) is 5. The van der Waals surface area contributed by atoms with Gasteiger partial charge in [-0.1, -0.05) is 0 Å². The highest BCUT2D eigenvalue weighted by Gasteiger charge is 2.31. The van der Waals surface area contributed by atoms with E-state index >= 15 is 0 Å². The molecule has 0 aromatic heterocycles. The summed E-state index contributed by atoms with van der Waals surface area (Å²) in [6.45, 7) is 10.9. The maximum atomic E-state index is 12.2. The van der Waals surface area contributed by atoms with Gasteiger partial charge in [0.15, 0.2) is 0 Å². The fourth-order valence-electron chi connectivity index (χ4n) is 2.51. The third-order valence-corrected chi connectivity index (χ3v) is 3.73. The third kappa shape index (κ3) is 7.42. The Morgan fingerprint density at radius 2 is 2.09 bits per heavy atom. The third-order valence-electron chi connectivity index (χ3n) is 3.73. The number of carbonyl (C=O) groups is 1. The van der Waals surface area contributed by atoms with Crippen LogP contribution in [0.15, 0.2) is 0 Å². The number of rotatable bonds is 8. The van der Waals surface area contributed by atoms with Gasteiger partial charge in [-0.25, -0.2) is 4.79 Å². The van der Waals surface area contributed by atoms with Crippen LogP contribution in [0.4, 0.5) is 4.79 Å². The molecule has 0 aliphatic carbocycles. The molecule has 6 nitrogen and oxygen atoms in total. The predicted octanol–water partition coefficient (Wildman–Crippen LogP) is 1.55. The molecule has 1 rings (SSSR count). The first kappa shape index (κ1) is 19.2. The molecule has 1 fully saturated rings. The lowest BCUT2D eigenvalue weighted by atomic mass is 10.2. The van der Waals surface area contributed by atoms with E-state index in [9.17, 15) is 4.79 Å². The van der Waals surface area contributed by atoms with E-state index in [4.69, 9.17) is 9.47 Å². The first-order chi connectivity index (χ1) is 10.3. The number of likely N-dealkylation sites (tertiary alicyclic amines) is 1. The van der Waals surface area contributed by atoms with Gasteiger partial charge < -0.3 is 24.6 Å². The van der Waals surface area contributed by atoms with Crippen molar-refractivity contribution in [1.82, 2.24) is 15.1 Å². The van der Waals surface area contributed by atoms with Crippen LogP contribution in [0.25, 0.3) is 0 Å². The normalized spacial score (nSPS) is 19.0. The van der Waals surface area contributed by atoms with Crippen molar-refractivity contribution in [2.45, 2.75) is 45.3 Å². The molecule has 6 heteroatoms. The van der Waals surface area contributed by atoms with Gasteiger partial charge in [0.25, 0.3) is 0 Å². The van der Waals surface area contributed by atoms with E-state index in [1.165, 1.54) is 0 Å². The van der Waals surface area contributed by atoms with Crippen LogP contribution >= 0.6 is 0 Å². The Kier molecular flexibility index (Phi) is 8.14. The Balaban J connectivity index is 2.25. The monoisotopic (exact) mass is 315 g/mol. The Hall–Kier alpha value is -0.850. The fourth-order valence-corrected chi connectivity index (χ4v) is 2.51. The molecule has 130 valence electrons. The molecule has 1 atom stereocenters. The van der Waals surface area contributed by atoms with Crippen molar-refractivity contribution in [3.05, 3.63) is 0 Å². The van der Waals surface area contributed by atoms with Gasteiger partial charge in [-0.15, -0.1) is 0 Å². The Labute approximate surface area is 135 Å². The topological polar surface area (TPSA) is 54.0 Å². The Bertz CT molecular complexity index is 331. The van der Waals surface area contributed by atoms with Crippen LogP contribution in [0.5, 0.6) is 0 Å².